The molecule has 0 aliphatic rings. The molecule has 0 unspecified atom stereocenters. The summed E-state index contributed by atoms with van der Waals surface area (Å²) in [6.07, 6.45) is 2.27. The molecule has 0 aliphatic carbocycles. The van der Waals surface area contributed by atoms with E-state index in [0.717, 1.165) is 6.42 Å². The average Bonchev–Trinajstić information content (AvgIpc) is 2.43. The molecule has 0 radical (unpaired) electrons. The summed E-state index contributed by atoms with van der Waals surface area (Å²) >= 11 is 0. The second-order valence-electron chi connectivity index (χ2n) is 5.00. The minimum absolute atomic E-state index is 0.223. The maximum atomic E-state index is 13.5. The number of anilines is 3. The van der Waals surface area contributed by atoms with Crippen molar-refractivity contribution in [1.82, 2.24) is 15.2 Å². The summed E-state index contributed by atoms with van der Waals surface area (Å²) in [6.45, 7) is 4.93. The van der Waals surface area contributed by atoms with Gasteiger partial charge < -0.3 is 10.6 Å². The molecule has 0 saturated carbocycles. The van der Waals surface area contributed by atoms with E-state index >= 15 is 0 Å². The molecule has 112 valence electrons. The van der Waals surface area contributed by atoms with Crippen LogP contribution in [0, 0.1) is 17.6 Å². The van der Waals surface area contributed by atoms with Crippen molar-refractivity contribution in [2.24, 2.45) is 5.92 Å². The molecule has 0 bridgehead atoms. The molecule has 21 heavy (non-hydrogen) atoms. The van der Waals surface area contributed by atoms with Crippen molar-refractivity contribution in [1.29, 1.82) is 0 Å². The second kappa shape index (κ2) is 6.92. The van der Waals surface area contributed by atoms with E-state index in [4.69, 9.17) is 0 Å². The van der Waals surface area contributed by atoms with Crippen LogP contribution in [0.4, 0.5) is 26.2 Å². The lowest BCUT2D eigenvalue weighted by Crippen LogP contribution is -2.10. The summed E-state index contributed by atoms with van der Waals surface area (Å²) < 4.78 is 27.1. The van der Waals surface area contributed by atoms with E-state index in [1.54, 1.807) is 0 Å². The lowest BCUT2D eigenvalue weighted by Gasteiger charge is -2.09. The van der Waals surface area contributed by atoms with Gasteiger partial charge in [-0.15, -0.1) is 5.10 Å². The van der Waals surface area contributed by atoms with Crippen LogP contribution in [-0.4, -0.2) is 21.7 Å². The smallest absolute Gasteiger partial charge is 0.244 e. The summed E-state index contributed by atoms with van der Waals surface area (Å²) in [6, 6.07) is 3.64. The van der Waals surface area contributed by atoms with E-state index in [-0.39, 0.29) is 11.5 Å². The number of nitrogens with one attached hydrogen (secondary N) is 2. The van der Waals surface area contributed by atoms with Gasteiger partial charge in [-0.1, -0.05) is 19.9 Å². The predicted molar refractivity (Wildman–Crippen MR) is 77.4 cm³/mol. The Labute approximate surface area is 121 Å². The van der Waals surface area contributed by atoms with Gasteiger partial charge in [-0.05, 0) is 24.5 Å². The second-order valence-corrected chi connectivity index (χ2v) is 5.00. The first-order valence-electron chi connectivity index (χ1n) is 6.71. The van der Waals surface area contributed by atoms with Crippen molar-refractivity contribution in [3.63, 3.8) is 0 Å². The van der Waals surface area contributed by atoms with Crippen molar-refractivity contribution >= 4 is 17.5 Å². The SMILES string of the molecule is CC(C)CCNc1nncc(Nc2c(F)cccc2F)n1. The third-order valence-electron chi connectivity index (χ3n) is 2.78. The Bertz CT molecular complexity index is 583. The minimum Gasteiger partial charge on any atom is -0.353 e. The third-order valence-corrected chi connectivity index (χ3v) is 2.78. The van der Waals surface area contributed by atoms with E-state index < -0.39 is 11.6 Å². The summed E-state index contributed by atoms with van der Waals surface area (Å²) in [7, 11) is 0. The zero-order valence-electron chi connectivity index (χ0n) is 11.9. The van der Waals surface area contributed by atoms with Crippen LogP contribution in [0.1, 0.15) is 20.3 Å². The van der Waals surface area contributed by atoms with Gasteiger partial charge in [0, 0.05) is 6.54 Å². The molecule has 0 spiro atoms. The molecule has 1 aromatic heterocycles. The molecule has 2 rings (SSSR count). The lowest BCUT2D eigenvalue weighted by atomic mass is 10.1. The largest absolute Gasteiger partial charge is 0.353 e. The molecular weight excluding hydrogens is 276 g/mol. The molecule has 1 heterocycles. The van der Waals surface area contributed by atoms with Gasteiger partial charge in [0.05, 0.1) is 6.20 Å². The molecule has 7 heteroatoms. The Balaban J connectivity index is 2.07. The highest BCUT2D eigenvalue weighted by Gasteiger charge is 2.10. The fourth-order valence-corrected chi connectivity index (χ4v) is 1.66. The fourth-order valence-electron chi connectivity index (χ4n) is 1.66. The molecule has 5 nitrogen and oxygen atoms in total. The van der Waals surface area contributed by atoms with E-state index in [9.17, 15) is 8.78 Å². The zero-order chi connectivity index (χ0) is 15.2. The van der Waals surface area contributed by atoms with Crippen LogP contribution in [0.15, 0.2) is 24.4 Å². The summed E-state index contributed by atoms with van der Waals surface area (Å²) in [5.41, 5.74) is -0.258. The number of rotatable bonds is 6. The summed E-state index contributed by atoms with van der Waals surface area (Å²) in [4.78, 5) is 4.12. The summed E-state index contributed by atoms with van der Waals surface area (Å²) in [5.74, 6) is -0.288. The first-order valence-corrected chi connectivity index (χ1v) is 6.71. The number of aromatic nitrogens is 3. The van der Waals surface area contributed by atoms with Crippen LogP contribution in [0.3, 0.4) is 0 Å². The van der Waals surface area contributed by atoms with E-state index in [1.807, 2.05) is 0 Å². The molecule has 2 N–H and O–H groups in total. The van der Waals surface area contributed by atoms with Crippen LogP contribution in [0.2, 0.25) is 0 Å². The molecular formula is C14H17F2N5. The quantitative estimate of drug-likeness (QED) is 0.855. The maximum absolute atomic E-state index is 13.5. The minimum atomic E-state index is -0.692. The van der Waals surface area contributed by atoms with Gasteiger partial charge in [-0.25, -0.2) is 8.78 Å². The van der Waals surface area contributed by atoms with E-state index in [1.165, 1.54) is 24.4 Å². The van der Waals surface area contributed by atoms with Gasteiger partial charge in [-0.2, -0.15) is 10.1 Å². The Hall–Kier alpha value is -2.31. The highest BCUT2D eigenvalue weighted by atomic mass is 19.1. The summed E-state index contributed by atoms with van der Waals surface area (Å²) in [5, 5.41) is 13.2. The topological polar surface area (TPSA) is 62.7 Å². The fraction of sp³-hybridized carbons (Fsp3) is 0.357. The van der Waals surface area contributed by atoms with Crippen molar-refractivity contribution in [2.45, 2.75) is 20.3 Å². The zero-order valence-corrected chi connectivity index (χ0v) is 11.9. The lowest BCUT2D eigenvalue weighted by molar-refractivity contribution is 0.590. The number of nitrogens with zero attached hydrogens (tertiary/aromatic N) is 3. The molecule has 0 aliphatic heterocycles. The van der Waals surface area contributed by atoms with Crippen molar-refractivity contribution in [3.8, 4) is 0 Å². The van der Waals surface area contributed by atoms with Crippen molar-refractivity contribution < 1.29 is 8.78 Å². The Morgan fingerprint density at radius 2 is 1.90 bits per heavy atom. The first-order chi connectivity index (χ1) is 10.1. The van der Waals surface area contributed by atoms with Crippen LogP contribution in [0.25, 0.3) is 0 Å². The number of benzene rings is 1. The van der Waals surface area contributed by atoms with Gasteiger partial charge in [0.2, 0.25) is 5.95 Å². The number of hydrogen-bond donors (Lipinski definition) is 2. The molecule has 0 atom stereocenters. The standard InChI is InChI=1S/C14H17F2N5/c1-9(2)6-7-17-14-20-12(8-18-21-14)19-13-10(15)4-3-5-11(13)16/h3-5,8-9H,6-7H2,1-2H3,(H2,17,19,20,21). The average molecular weight is 293 g/mol. The normalized spacial score (nSPS) is 10.7. The Morgan fingerprint density at radius 1 is 1.19 bits per heavy atom. The molecule has 0 amide bonds. The molecule has 0 fully saturated rings. The van der Waals surface area contributed by atoms with Gasteiger partial charge >= 0.3 is 0 Å². The van der Waals surface area contributed by atoms with Crippen molar-refractivity contribution in [2.75, 3.05) is 17.2 Å². The van der Waals surface area contributed by atoms with Crippen LogP contribution >= 0.6 is 0 Å². The monoisotopic (exact) mass is 293 g/mol. The van der Waals surface area contributed by atoms with Gasteiger partial charge in [0.25, 0.3) is 0 Å². The molecule has 1 aromatic carbocycles. The number of hydrogen-bond acceptors (Lipinski definition) is 5. The van der Waals surface area contributed by atoms with Crippen LogP contribution in [-0.2, 0) is 0 Å². The number of para-hydroxylation sites is 1. The van der Waals surface area contributed by atoms with Gasteiger partial charge in [0.15, 0.2) is 5.82 Å². The highest BCUT2D eigenvalue weighted by Crippen LogP contribution is 2.21. The first kappa shape index (κ1) is 15.1. The predicted octanol–water partition coefficient (Wildman–Crippen LogP) is 3.35. The maximum Gasteiger partial charge on any atom is 0.244 e. The van der Waals surface area contributed by atoms with Crippen LogP contribution < -0.4 is 10.6 Å². The van der Waals surface area contributed by atoms with Crippen LogP contribution in [0.5, 0.6) is 0 Å². The third kappa shape index (κ3) is 4.34. The highest BCUT2D eigenvalue weighted by molar-refractivity contribution is 5.57. The molecule has 0 saturated heterocycles. The number of halogens is 2. The van der Waals surface area contributed by atoms with Crippen molar-refractivity contribution in [3.05, 3.63) is 36.0 Å². The Morgan fingerprint density at radius 3 is 2.57 bits per heavy atom. The van der Waals surface area contributed by atoms with Gasteiger partial charge in [0.1, 0.15) is 17.3 Å². The van der Waals surface area contributed by atoms with E-state index in [2.05, 4.69) is 39.7 Å². The van der Waals surface area contributed by atoms with E-state index in [0.29, 0.717) is 18.4 Å². The Kier molecular flexibility index (Phi) is 4.97. The molecule has 2 aromatic rings. The van der Waals surface area contributed by atoms with Gasteiger partial charge in [-0.3, -0.25) is 0 Å².